The molecule has 3 aliphatic rings. The third-order valence-corrected chi connectivity index (χ3v) is 5.19. The largest absolute Gasteiger partial charge is 0.334 e. The minimum Gasteiger partial charge on any atom is -0.334 e. The van der Waals surface area contributed by atoms with Gasteiger partial charge in [-0.25, -0.2) is 0 Å². The summed E-state index contributed by atoms with van der Waals surface area (Å²) >= 11 is 0. The zero-order valence-electron chi connectivity index (χ0n) is 13.8. The Balaban J connectivity index is 1.50. The first-order valence-corrected chi connectivity index (χ1v) is 8.75. The van der Waals surface area contributed by atoms with Crippen LogP contribution in [0.4, 0.5) is 0 Å². The molecule has 2 bridgehead atoms. The van der Waals surface area contributed by atoms with Gasteiger partial charge in [0.2, 0.25) is 5.91 Å². The van der Waals surface area contributed by atoms with Crippen molar-refractivity contribution in [2.75, 3.05) is 13.1 Å². The van der Waals surface area contributed by atoms with E-state index in [-0.39, 0.29) is 5.92 Å². The molecule has 24 heavy (non-hydrogen) atoms. The second-order valence-electron chi connectivity index (χ2n) is 6.94. The Morgan fingerprint density at radius 3 is 2.58 bits per heavy atom. The van der Waals surface area contributed by atoms with Crippen LogP contribution in [0.1, 0.15) is 24.0 Å². The van der Waals surface area contributed by atoms with Crippen molar-refractivity contribution in [3.63, 3.8) is 0 Å². The third-order valence-electron chi connectivity index (χ3n) is 5.19. The molecular formula is C20H23N3O. The average molecular weight is 321 g/mol. The molecule has 1 aromatic carbocycles. The monoisotopic (exact) mass is 321 g/mol. The lowest BCUT2D eigenvalue weighted by Gasteiger charge is -2.36. The molecule has 0 aliphatic carbocycles. The maximum absolute atomic E-state index is 12.9. The molecule has 2 aromatic rings. The predicted octanol–water partition coefficient (Wildman–Crippen LogP) is 2.70. The molecule has 0 radical (unpaired) electrons. The molecule has 1 amide bonds. The third kappa shape index (κ3) is 3.20. The quantitative estimate of drug-likeness (QED) is 0.869. The van der Waals surface area contributed by atoms with Crippen molar-refractivity contribution >= 4 is 5.91 Å². The number of piperidine rings is 1. The SMILES string of the molecule is O=C1C2CCC(CN(Cc3cccnc3)C2)N1Cc1ccccc1. The highest BCUT2D eigenvalue weighted by molar-refractivity contribution is 5.80. The van der Waals surface area contributed by atoms with Crippen LogP contribution < -0.4 is 0 Å². The summed E-state index contributed by atoms with van der Waals surface area (Å²) in [6.45, 7) is 3.45. The Hall–Kier alpha value is -2.20. The van der Waals surface area contributed by atoms with Crippen LogP contribution in [0.15, 0.2) is 54.9 Å². The molecule has 3 saturated heterocycles. The minimum absolute atomic E-state index is 0.143. The Bertz CT molecular complexity index is 689. The molecule has 2 atom stereocenters. The number of benzene rings is 1. The van der Waals surface area contributed by atoms with Crippen LogP contribution in [0.2, 0.25) is 0 Å². The molecule has 124 valence electrons. The zero-order chi connectivity index (χ0) is 16.4. The van der Waals surface area contributed by atoms with Crippen LogP contribution >= 0.6 is 0 Å². The molecule has 1 aromatic heterocycles. The highest BCUT2D eigenvalue weighted by atomic mass is 16.2. The number of hydrogen-bond donors (Lipinski definition) is 0. The van der Waals surface area contributed by atoms with Crippen LogP contribution in [0, 0.1) is 5.92 Å². The van der Waals surface area contributed by atoms with E-state index in [1.54, 1.807) is 6.20 Å². The van der Waals surface area contributed by atoms with Crippen molar-refractivity contribution in [3.05, 3.63) is 66.0 Å². The van der Waals surface area contributed by atoms with Crippen molar-refractivity contribution in [1.29, 1.82) is 0 Å². The fourth-order valence-corrected chi connectivity index (χ4v) is 4.00. The standard InChI is InChI=1S/C20H23N3O/c24-20-18-8-9-19(23(20)13-16-5-2-1-3-6-16)15-22(14-18)12-17-7-4-10-21-11-17/h1-7,10-11,18-19H,8-9,12-15H2. The summed E-state index contributed by atoms with van der Waals surface area (Å²) < 4.78 is 0. The first-order chi connectivity index (χ1) is 11.8. The number of rotatable bonds is 4. The summed E-state index contributed by atoms with van der Waals surface area (Å²) in [5.41, 5.74) is 2.44. The number of carbonyl (C=O) groups is 1. The summed E-state index contributed by atoms with van der Waals surface area (Å²) in [6.07, 6.45) is 5.88. The molecule has 3 fully saturated rings. The van der Waals surface area contributed by atoms with Crippen LogP contribution in [0.25, 0.3) is 0 Å². The average Bonchev–Trinajstić information content (AvgIpc) is 2.89. The highest BCUT2D eigenvalue weighted by Gasteiger charge is 2.40. The van der Waals surface area contributed by atoms with E-state index in [2.05, 4.69) is 33.0 Å². The van der Waals surface area contributed by atoms with E-state index < -0.39 is 0 Å². The van der Waals surface area contributed by atoms with Gasteiger partial charge in [-0.15, -0.1) is 0 Å². The highest BCUT2D eigenvalue weighted by Crippen LogP contribution is 2.31. The topological polar surface area (TPSA) is 36.4 Å². The van der Waals surface area contributed by atoms with Gasteiger partial charge in [-0.3, -0.25) is 14.7 Å². The first-order valence-electron chi connectivity index (χ1n) is 8.75. The molecule has 0 saturated carbocycles. The molecule has 5 rings (SSSR count). The van der Waals surface area contributed by atoms with E-state index >= 15 is 0 Å². The minimum atomic E-state index is 0.143. The van der Waals surface area contributed by atoms with Crippen LogP contribution in [0.3, 0.4) is 0 Å². The van der Waals surface area contributed by atoms with Crippen molar-refractivity contribution in [1.82, 2.24) is 14.8 Å². The maximum Gasteiger partial charge on any atom is 0.227 e. The number of pyridine rings is 1. The molecule has 4 nitrogen and oxygen atoms in total. The summed E-state index contributed by atoms with van der Waals surface area (Å²) in [4.78, 5) is 21.7. The lowest BCUT2D eigenvalue weighted by Crippen LogP contribution is -2.47. The summed E-state index contributed by atoms with van der Waals surface area (Å²) in [7, 11) is 0. The number of aromatic nitrogens is 1. The lowest BCUT2D eigenvalue weighted by molar-refractivity contribution is -0.140. The zero-order valence-corrected chi connectivity index (χ0v) is 13.8. The van der Waals surface area contributed by atoms with Crippen molar-refractivity contribution in [2.45, 2.75) is 32.0 Å². The van der Waals surface area contributed by atoms with Crippen molar-refractivity contribution in [3.8, 4) is 0 Å². The molecule has 4 heteroatoms. The van der Waals surface area contributed by atoms with E-state index in [9.17, 15) is 4.79 Å². The van der Waals surface area contributed by atoms with Gasteiger partial charge in [-0.05, 0) is 30.0 Å². The Labute approximate surface area is 143 Å². The smallest absolute Gasteiger partial charge is 0.227 e. The Morgan fingerprint density at radius 2 is 1.79 bits per heavy atom. The van der Waals surface area contributed by atoms with Gasteiger partial charge in [-0.1, -0.05) is 36.4 Å². The Kier molecular flexibility index (Phi) is 4.30. The molecule has 3 aliphatic heterocycles. The first kappa shape index (κ1) is 15.3. The Morgan fingerprint density at radius 1 is 0.958 bits per heavy atom. The van der Waals surface area contributed by atoms with Crippen LogP contribution in [-0.2, 0) is 17.9 Å². The number of nitrogens with zero attached hydrogens (tertiary/aromatic N) is 3. The van der Waals surface area contributed by atoms with Gasteiger partial charge in [0.05, 0.1) is 5.92 Å². The predicted molar refractivity (Wildman–Crippen MR) is 93.0 cm³/mol. The molecule has 0 spiro atoms. The molecule has 4 heterocycles. The number of carbonyl (C=O) groups excluding carboxylic acids is 1. The van der Waals surface area contributed by atoms with E-state index in [4.69, 9.17) is 0 Å². The fourth-order valence-electron chi connectivity index (χ4n) is 4.00. The maximum atomic E-state index is 12.9. The number of hydrogen-bond acceptors (Lipinski definition) is 3. The summed E-state index contributed by atoms with van der Waals surface area (Å²) in [5.74, 6) is 0.480. The second kappa shape index (κ2) is 6.73. The fraction of sp³-hybridized carbons (Fsp3) is 0.400. The number of fused-ring (bicyclic) bond motifs is 4. The summed E-state index contributed by atoms with van der Waals surface area (Å²) in [5, 5.41) is 0. The van der Waals surface area contributed by atoms with Gasteiger partial charge in [0.15, 0.2) is 0 Å². The van der Waals surface area contributed by atoms with E-state index in [0.29, 0.717) is 11.9 Å². The molecule has 2 unspecified atom stereocenters. The summed E-state index contributed by atoms with van der Waals surface area (Å²) in [6, 6.07) is 14.8. The van der Waals surface area contributed by atoms with Crippen molar-refractivity contribution in [2.24, 2.45) is 5.92 Å². The van der Waals surface area contributed by atoms with E-state index in [0.717, 1.165) is 39.0 Å². The van der Waals surface area contributed by atoms with Gasteiger partial charge in [0, 0.05) is 44.6 Å². The van der Waals surface area contributed by atoms with Crippen LogP contribution in [-0.4, -0.2) is 39.8 Å². The van der Waals surface area contributed by atoms with E-state index in [1.807, 2.05) is 30.5 Å². The molecule has 0 N–H and O–H groups in total. The van der Waals surface area contributed by atoms with Gasteiger partial charge >= 0.3 is 0 Å². The van der Waals surface area contributed by atoms with Gasteiger partial charge in [0.25, 0.3) is 0 Å². The van der Waals surface area contributed by atoms with Gasteiger partial charge in [0.1, 0.15) is 0 Å². The van der Waals surface area contributed by atoms with Gasteiger partial charge in [-0.2, -0.15) is 0 Å². The lowest BCUT2D eigenvalue weighted by atomic mass is 9.93. The van der Waals surface area contributed by atoms with Crippen LogP contribution in [0.5, 0.6) is 0 Å². The number of amides is 1. The molecular weight excluding hydrogens is 298 g/mol. The van der Waals surface area contributed by atoms with Crippen molar-refractivity contribution < 1.29 is 4.79 Å². The normalized spacial score (nSPS) is 24.2. The van der Waals surface area contributed by atoms with Gasteiger partial charge < -0.3 is 4.90 Å². The second-order valence-corrected chi connectivity index (χ2v) is 6.94. The van der Waals surface area contributed by atoms with E-state index in [1.165, 1.54) is 11.1 Å².